The van der Waals surface area contributed by atoms with E-state index in [2.05, 4.69) is 10.6 Å². The van der Waals surface area contributed by atoms with Crippen molar-refractivity contribution in [3.05, 3.63) is 58.6 Å². The van der Waals surface area contributed by atoms with Crippen molar-refractivity contribution in [3.63, 3.8) is 0 Å². The summed E-state index contributed by atoms with van der Waals surface area (Å²) >= 11 is 5.95. The molecule has 0 aliphatic carbocycles. The highest BCUT2D eigenvalue weighted by Gasteiger charge is 2.35. The number of β-amino-alcohol motifs (C(OH)–C–C–N with tert-alkyl or cyclic N) is 1. The number of benzene rings is 2. The summed E-state index contributed by atoms with van der Waals surface area (Å²) in [4.78, 5) is 53.0. The molecule has 2 aromatic rings. The van der Waals surface area contributed by atoms with Crippen molar-refractivity contribution in [2.75, 3.05) is 19.6 Å². The Morgan fingerprint density at radius 1 is 0.915 bits per heavy atom. The first-order valence-corrected chi connectivity index (χ1v) is 16.0. The summed E-state index contributed by atoms with van der Waals surface area (Å²) in [5, 5.41) is 17.9. The van der Waals surface area contributed by atoms with Crippen LogP contribution in [0.5, 0.6) is 11.5 Å². The van der Waals surface area contributed by atoms with Crippen LogP contribution in [0.1, 0.15) is 85.5 Å². The Balaban J connectivity index is 0.00000768. The standard InChI is InChI=1S/C35H48ClN3O7.BrH/c1-33(2,3)31(43)45-27-16-13-23(19-28(27)46-32(44)34(4,5)6)26(40)20-38-35(7,8)21-37-30(42)25-10-9-17-39(25)29(41)18-22-11-14-24(36)15-12-22;/h11-16,19,25-26,38,40H,9-10,17-18,20-21H2,1-8H3,(H,37,42);1H/t25-,26?;/m0./s1. The molecule has 1 fully saturated rings. The van der Waals surface area contributed by atoms with Gasteiger partial charge in [0.15, 0.2) is 11.5 Å². The van der Waals surface area contributed by atoms with Crippen LogP contribution in [-0.4, -0.2) is 65.0 Å². The van der Waals surface area contributed by atoms with Gasteiger partial charge in [0, 0.05) is 30.2 Å². The molecule has 47 heavy (non-hydrogen) atoms. The summed E-state index contributed by atoms with van der Waals surface area (Å²) < 4.78 is 11.2. The van der Waals surface area contributed by atoms with Crippen LogP contribution in [0.3, 0.4) is 0 Å². The van der Waals surface area contributed by atoms with Crippen LogP contribution in [0.25, 0.3) is 0 Å². The van der Waals surface area contributed by atoms with Crippen molar-refractivity contribution in [2.45, 2.75) is 92.3 Å². The molecule has 0 spiro atoms. The van der Waals surface area contributed by atoms with E-state index in [1.165, 1.54) is 12.1 Å². The van der Waals surface area contributed by atoms with Gasteiger partial charge in [-0.05, 0) is 104 Å². The summed E-state index contributed by atoms with van der Waals surface area (Å²) in [7, 11) is 0. The zero-order valence-corrected chi connectivity index (χ0v) is 31.0. The molecule has 2 amide bonds. The number of hydrogen-bond acceptors (Lipinski definition) is 8. The molecule has 1 heterocycles. The maximum absolute atomic E-state index is 13.2. The van der Waals surface area contributed by atoms with Gasteiger partial charge in [0.2, 0.25) is 11.8 Å². The number of aliphatic hydroxyl groups excluding tert-OH is 1. The number of rotatable bonds is 11. The van der Waals surface area contributed by atoms with Gasteiger partial charge in [-0.1, -0.05) is 29.8 Å². The number of ether oxygens (including phenoxy) is 2. The Labute approximate surface area is 293 Å². The van der Waals surface area contributed by atoms with E-state index < -0.39 is 40.5 Å². The van der Waals surface area contributed by atoms with Gasteiger partial charge in [0.25, 0.3) is 0 Å². The predicted octanol–water partition coefficient (Wildman–Crippen LogP) is 5.57. The van der Waals surface area contributed by atoms with Crippen LogP contribution in [-0.2, 0) is 25.6 Å². The first kappa shape index (κ1) is 40.2. The molecule has 2 atom stereocenters. The molecule has 1 unspecified atom stereocenters. The van der Waals surface area contributed by atoms with Gasteiger partial charge in [-0.3, -0.25) is 19.2 Å². The van der Waals surface area contributed by atoms with E-state index in [9.17, 15) is 24.3 Å². The molecule has 1 aliphatic rings. The maximum Gasteiger partial charge on any atom is 0.316 e. The Morgan fingerprint density at radius 3 is 2.06 bits per heavy atom. The van der Waals surface area contributed by atoms with E-state index in [1.807, 2.05) is 26.0 Å². The highest BCUT2D eigenvalue weighted by Crippen LogP contribution is 2.34. The third-order valence-corrected chi connectivity index (χ3v) is 7.86. The van der Waals surface area contributed by atoms with E-state index in [0.717, 1.165) is 12.0 Å². The quantitative estimate of drug-likeness (QED) is 0.201. The fourth-order valence-corrected chi connectivity index (χ4v) is 4.72. The molecule has 260 valence electrons. The maximum atomic E-state index is 13.2. The highest BCUT2D eigenvalue weighted by molar-refractivity contribution is 8.93. The van der Waals surface area contributed by atoms with E-state index in [0.29, 0.717) is 23.6 Å². The largest absolute Gasteiger partial charge is 0.422 e. The molecule has 0 aromatic heterocycles. The zero-order chi connectivity index (χ0) is 34.4. The highest BCUT2D eigenvalue weighted by atomic mass is 79.9. The van der Waals surface area contributed by atoms with E-state index in [4.69, 9.17) is 21.1 Å². The predicted molar refractivity (Wildman–Crippen MR) is 187 cm³/mol. The minimum atomic E-state index is -1.01. The average molecular weight is 739 g/mol. The summed E-state index contributed by atoms with van der Waals surface area (Å²) in [5.41, 5.74) is -0.922. The molecule has 1 saturated heterocycles. The monoisotopic (exact) mass is 737 g/mol. The first-order valence-electron chi connectivity index (χ1n) is 15.6. The number of halogens is 2. The lowest BCUT2D eigenvalue weighted by Gasteiger charge is -2.30. The second-order valence-electron chi connectivity index (χ2n) is 14.5. The molecule has 0 saturated carbocycles. The number of amides is 2. The fourth-order valence-electron chi connectivity index (χ4n) is 4.60. The summed E-state index contributed by atoms with van der Waals surface area (Å²) in [6, 6.07) is 11.2. The van der Waals surface area contributed by atoms with Gasteiger partial charge in [-0.15, -0.1) is 17.0 Å². The minimum Gasteiger partial charge on any atom is -0.422 e. The van der Waals surface area contributed by atoms with E-state index >= 15 is 0 Å². The number of carbonyl (C=O) groups excluding carboxylic acids is 4. The molecule has 3 rings (SSSR count). The lowest BCUT2D eigenvalue weighted by molar-refractivity contribution is -0.145. The summed E-state index contributed by atoms with van der Waals surface area (Å²) in [5.74, 6) is -1.22. The number of nitrogens with zero attached hydrogens (tertiary/aromatic N) is 1. The van der Waals surface area contributed by atoms with Gasteiger partial charge in [0.05, 0.1) is 23.4 Å². The molecule has 0 radical (unpaired) electrons. The van der Waals surface area contributed by atoms with Gasteiger partial charge < -0.3 is 30.1 Å². The molecular weight excluding hydrogens is 690 g/mol. The molecule has 1 aliphatic heterocycles. The molecule has 0 bridgehead atoms. The molecular formula is C35H49BrClN3O7. The second kappa shape index (κ2) is 16.4. The van der Waals surface area contributed by atoms with Crippen molar-refractivity contribution in [3.8, 4) is 11.5 Å². The smallest absolute Gasteiger partial charge is 0.316 e. The third kappa shape index (κ3) is 11.9. The van der Waals surface area contributed by atoms with Gasteiger partial charge in [-0.2, -0.15) is 0 Å². The molecule has 3 N–H and O–H groups in total. The number of esters is 2. The lowest BCUT2D eigenvalue weighted by atomic mass is 9.97. The fraction of sp³-hybridized carbons (Fsp3) is 0.543. The van der Waals surface area contributed by atoms with Gasteiger partial charge in [0.1, 0.15) is 6.04 Å². The van der Waals surface area contributed by atoms with Crippen molar-refractivity contribution in [2.24, 2.45) is 10.8 Å². The van der Waals surface area contributed by atoms with Gasteiger partial charge >= 0.3 is 11.9 Å². The first-order chi connectivity index (χ1) is 21.3. The minimum absolute atomic E-state index is 0. The Hall–Kier alpha value is -2.99. The normalized spacial score (nSPS) is 15.8. The third-order valence-electron chi connectivity index (χ3n) is 7.61. The van der Waals surface area contributed by atoms with Crippen molar-refractivity contribution in [1.82, 2.24) is 15.5 Å². The second-order valence-corrected chi connectivity index (χ2v) is 15.0. The number of likely N-dealkylation sites (tertiary alicyclic amines) is 1. The van der Waals surface area contributed by atoms with Crippen molar-refractivity contribution >= 4 is 52.3 Å². The SMILES string of the molecule is Br.CC(C)(CNC(=O)[C@@H]1CCCN1C(=O)Cc1ccc(Cl)cc1)NCC(O)c1ccc(OC(=O)C(C)(C)C)c(OC(=O)C(C)(C)C)c1. The number of hydrogen-bond donors (Lipinski definition) is 3. The van der Waals surface area contributed by atoms with Crippen LogP contribution < -0.4 is 20.1 Å². The average Bonchev–Trinajstić information content (AvgIpc) is 3.46. The Kier molecular flexibility index (Phi) is 14.0. The van der Waals surface area contributed by atoms with Crippen LogP contribution in [0.4, 0.5) is 0 Å². The van der Waals surface area contributed by atoms with Crippen molar-refractivity contribution < 1.29 is 33.8 Å². The Bertz CT molecular complexity index is 1420. The van der Waals surface area contributed by atoms with Crippen LogP contribution >= 0.6 is 28.6 Å². The zero-order valence-electron chi connectivity index (χ0n) is 28.6. The lowest BCUT2D eigenvalue weighted by Crippen LogP contribution is -2.53. The van der Waals surface area contributed by atoms with Crippen molar-refractivity contribution in [1.29, 1.82) is 0 Å². The Morgan fingerprint density at radius 2 is 1.49 bits per heavy atom. The topological polar surface area (TPSA) is 134 Å². The number of nitrogens with one attached hydrogen (secondary N) is 2. The molecule has 12 heteroatoms. The van der Waals surface area contributed by atoms with E-state index in [1.54, 1.807) is 64.6 Å². The van der Waals surface area contributed by atoms with Gasteiger partial charge in [-0.25, -0.2) is 0 Å². The molecule has 2 aromatic carbocycles. The van der Waals surface area contributed by atoms with Crippen LogP contribution in [0.15, 0.2) is 42.5 Å². The number of aliphatic hydroxyl groups is 1. The van der Waals surface area contributed by atoms with Crippen LogP contribution in [0, 0.1) is 10.8 Å². The summed E-state index contributed by atoms with van der Waals surface area (Å²) in [6.45, 7) is 15.0. The summed E-state index contributed by atoms with van der Waals surface area (Å²) in [6.07, 6.45) is 0.529. The molecule has 10 nitrogen and oxygen atoms in total. The van der Waals surface area contributed by atoms with E-state index in [-0.39, 0.29) is 59.8 Å². The number of carbonyl (C=O) groups is 4. The van der Waals surface area contributed by atoms with Crippen LogP contribution in [0.2, 0.25) is 5.02 Å².